The molecule has 3 rings (SSSR count). The third-order valence-corrected chi connectivity index (χ3v) is 3.26. The highest BCUT2D eigenvalue weighted by Crippen LogP contribution is 2.20. The van der Waals surface area contributed by atoms with Gasteiger partial charge < -0.3 is 10.5 Å². The lowest BCUT2D eigenvalue weighted by molar-refractivity contribution is 0.301. The molecule has 0 aliphatic carbocycles. The summed E-state index contributed by atoms with van der Waals surface area (Å²) in [5, 5.41) is 0. The largest absolute Gasteiger partial charge is 0.475 e. The van der Waals surface area contributed by atoms with Crippen LogP contribution in [0.2, 0.25) is 0 Å². The fraction of sp³-hybridized carbons (Fsp3) is 0.176. The molecule has 0 saturated carbocycles. The topological polar surface area (TPSA) is 61.0 Å². The van der Waals surface area contributed by atoms with Crippen LogP contribution in [0, 0.1) is 0 Å². The third kappa shape index (κ3) is 3.28. The van der Waals surface area contributed by atoms with Gasteiger partial charge in [-0.05, 0) is 30.5 Å². The fourth-order valence-corrected chi connectivity index (χ4v) is 2.19. The lowest BCUT2D eigenvalue weighted by atomic mass is 10.1. The zero-order valence-electron chi connectivity index (χ0n) is 11.7. The number of fused-ring (bicyclic) bond motifs is 1. The van der Waals surface area contributed by atoms with Gasteiger partial charge in [-0.25, -0.2) is 9.97 Å². The van der Waals surface area contributed by atoms with Crippen LogP contribution >= 0.6 is 0 Å². The molecule has 2 N–H and O–H groups in total. The molecule has 0 aliphatic heterocycles. The molecule has 0 radical (unpaired) electrons. The Balaban J connectivity index is 1.61. The second kappa shape index (κ2) is 6.22. The van der Waals surface area contributed by atoms with E-state index in [-0.39, 0.29) is 0 Å². The van der Waals surface area contributed by atoms with E-state index in [2.05, 4.69) is 22.1 Å². The fourth-order valence-electron chi connectivity index (χ4n) is 2.19. The molecular weight excluding hydrogens is 262 g/mol. The first-order chi connectivity index (χ1) is 10.3. The Labute approximate surface area is 123 Å². The Morgan fingerprint density at radius 2 is 1.52 bits per heavy atom. The van der Waals surface area contributed by atoms with Crippen molar-refractivity contribution >= 4 is 16.9 Å². The predicted molar refractivity (Wildman–Crippen MR) is 84.2 cm³/mol. The second-order valence-electron chi connectivity index (χ2n) is 4.84. The number of rotatable bonds is 5. The zero-order chi connectivity index (χ0) is 14.5. The van der Waals surface area contributed by atoms with E-state index >= 15 is 0 Å². The summed E-state index contributed by atoms with van der Waals surface area (Å²) >= 11 is 0. The Morgan fingerprint density at radius 3 is 2.29 bits per heavy atom. The van der Waals surface area contributed by atoms with Crippen LogP contribution in [0.1, 0.15) is 12.0 Å². The molecule has 3 aromatic rings. The number of nitrogens with two attached hydrogens (primary N) is 1. The molecule has 4 nitrogen and oxygen atoms in total. The van der Waals surface area contributed by atoms with E-state index in [1.54, 1.807) is 0 Å². The Morgan fingerprint density at radius 1 is 0.857 bits per heavy atom. The van der Waals surface area contributed by atoms with Crippen LogP contribution in [0.4, 0.5) is 5.82 Å². The maximum atomic E-state index is 5.88. The molecule has 0 fully saturated rings. The van der Waals surface area contributed by atoms with E-state index in [4.69, 9.17) is 10.5 Å². The number of hydrogen-bond donors (Lipinski definition) is 1. The zero-order valence-corrected chi connectivity index (χ0v) is 11.7. The van der Waals surface area contributed by atoms with Crippen molar-refractivity contribution < 1.29 is 4.74 Å². The summed E-state index contributed by atoms with van der Waals surface area (Å²) in [5.74, 6) is 0.759. The molecule has 0 aliphatic rings. The number of nitrogen functional groups attached to an aromatic ring is 1. The lowest BCUT2D eigenvalue weighted by Gasteiger charge is -2.08. The van der Waals surface area contributed by atoms with Gasteiger partial charge in [0.2, 0.25) is 0 Å². The molecule has 1 aromatic heterocycles. The molecule has 2 aromatic carbocycles. The standard InChI is InChI=1S/C17H17N3O/c18-16-17(20-15-11-5-4-10-14(15)19-16)21-12-6-9-13-7-2-1-3-8-13/h1-5,7-8,10-11H,6,9,12H2,(H2,18,19). The Kier molecular flexibility index (Phi) is 3.96. The molecule has 0 atom stereocenters. The smallest absolute Gasteiger partial charge is 0.257 e. The van der Waals surface area contributed by atoms with E-state index in [9.17, 15) is 0 Å². The van der Waals surface area contributed by atoms with Crippen LogP contribution in [0.5, 0.6) is 5.88 Å². The molecule has 0 bridgehead atoms. The average molecular weight is 279 g/mol. The molecule has 0 amide bonds. The quantitative estimate of drug-likeness (QED) is 0.728. The Bertz CT molecular complexity index is 728. The Hall–Kier alpha value is -2.62. The van der Waals surface area contributed by atoms with E-state index in [1.807, 2.05) is 42.5 Å². The van der Waals surface area contributed by atoms with Gasteiger partial charge in [-0.1, -0.05) is 42.5 Å². The lowest BCUT2D eigenvalue weighted by Crippen LogP contribution is -2.05. The highest BCUT2D eigenvalue weighted by atomic mass is 16.5. The SMILES string of the molecule is Nc1nc2ccccc2nc1OCCCc1ccccc1. The minimum absolute atomic E-state index is 0.341. The normalized spacial score (nSPS) is 10.7. The molecule has 0 spiro atoms. The van der Waals surface area contributed by atoms with Crippen LogP contribution < -0.4 is 10.5 Å². The maximum Gasteiger partial charge on any atom is 0.257 e. The van der Waals surface area contributed by atoms with Crippen molar-refractivity contribution in [1.29, 1.82) is 0 Å². The summed E-state index contributed by atoms with van der Waals surface area (Å²) < 4.78 is 5.67. The van der Waals surface area contributed by atoms with Gasteiger partial charge in [-0.15, -0.1) is 0 Å². The molecule has 0 saturated heterocycles. The summed E-state index contributed by atoms with van der Waals surface area (Å²) in [6.45, 7) is 0.576. The van der Waals surface area contributed by atoms with Crippen molar-refractivity contribution in [3.8, 4) is 5.88 Å². The van der Waals surface area contributed by atoms with Crippen molar-refractivity contribution in [1.82, 2.24) is 9.97 Å². The highest BCUT2D eigenvalue weighted by molar-refractivity contribution is 5.76. The van der Waals surface area contributed by atoms with Gasteiger partial charge in [-0.3, -0.25) is 0 Å². The van der Waals surface area contributed by atoms with Gasteiger partial charge in [0.25, 0.3) is 5.88 Å². The number of hydrogen-bond acceptors (Lipinski definition) is 4. The van der Waals surface area contributed by atoms with Crippen LogP contribution in [0.25, 0.3) is 11.0 Å². The number of nitrogens with zero attached hydrogens (tertiary/aromatic N) is 2. The van der Waals surface area contributed by atoms with Crippen molar-refractivity contribution in [2.75, 3.05) is 12.3 Å². The molecule has 1 heterocycles. The van der Waals surface area contributed by atoms with Crippen molar-refractivity contribution in [2.24, 2.45) is 0 Å². The first-order valence-electron chi connectivity index (χ1n) is 7.02. The maximum absolute atomic E-state index is 5.88. The molecule has 106 valence electrons. The van der Waals surface area contributed by atoms with E-state index < -0.39 is 0 Å². The summed E-state index contributed by atoms with van der Waals surface area (Å²) in [7, 11) is 0. The highest BCUT2D eigenvalue weighted by Gasteiger charge is 2.06. The van der Waals surface area contributed by atoms with Crippen LogP contribution in [0.3, 0.4) is 0 Å². The first-order valence-corrected chi connectivity index (χ1v) is 7.02. The van der Waals surface area contributed by atoms with Gasteiger partial charge in [0.1, 0.15) is 0 Å². The summed E-state index contributed by atoms with van der Waals surface area (Å²) in [5.41, 5.74) is 8.77. The third-order valence-electron chi connectivity index (χ3n) is 3.26. The van der Waals surface area contributed by atoms with Gasteiger partial charge in [0.15, 0.2) is 5.82 Å². The minimum atomic E-state index is 0.341. The summed E-state index contributed by atoms with van der Waals surface area (Å²) in [4.78, 5) is 8.71. The van der Waals surface area contributed by atoms with Gasteiger partial charge >= 0.3 is 0 Å². The minimum Gasteiger partial charge on any atom is -0.475 e. The summed E-state index contributed by atoms with van der Waals surface area (Å²) in [6, 6.07) is 18.0. The number of anilines is 1. The van der Waals surface area contributed by atoms with Crippen LogP contribution in [-0.2, 0) is 6.42 Å². The van der Waals surface area contributed by atoms with E-state index in [0.717, 1.165) is 23.9 Å². The second-order valence-corrected chi connectivity index (χ2v) is 4.84. The molecule has 4 heteroatoms. The molecule has 21 heavy (non-hydrogen) atoms. The van der Waals surface area contributed by atoms with Crippen LogP contribution in [-0.4, -0.2) is 16.6 Å². The molecule has 0 unspecified atom stereocenters. The average Bonchev–Trinajstić information content (AvgIpc) is 2.53. The van der Waals surface area contributed by atoms with E-state index in [0.29, 0.717) is 18.3 Å². The molecular formula is C17H17N3O. The predicted octanol–water partition coefficient (Wildman–Crippen LogP) is 3.22. The van der Waals surface area contributed by atoms with Gasteiger partial charge in [0, 0.05) is 0 Å². The van der Waals surface area contributed by atoms with Gasteiger partial charge in [0.05, 0.1) is 17.6 Å². The number of aromatic nitrogens is 2. The van der Waals surface area contributed by atoms with Crippen molar-refractivity contribution in [3.63, 3.8) is 0 Å². The van der Waals surface area contributed by atoms with Crippen molar-refractivity contribution in [2.45, 2.75) is 12.8 Å². The van der Waals surface area contributed by atoms with Crippen molar-refractivity contribution in [3.05, 3.63) is 60.2 Å². The first kappa shape index (κ1) is 13.4. The number of para-hydroxylation sites is 2. The van der Waals surface area contributed by atoms with Gasteiger partial charge in [-0.2, -0.15) is 0 Å². The van der Waals surface area contributed by atoms with E-state index in [1.165, 1.54) is 5.56 Å². The number of benzene rings is 2. The monoisotopic (exact) mass is 279 g/mol. The number of aryl methyl sites for hydroxylation is 1. The summed E-state index contributed by atoms with van der Waals surface area (Å²) in [6.07, 6.45) is 1.89. The number of ether oxygens (including phenoxy) is 1. The van der Waals surface area contributed by atoms with Crippen LogP contribution in [0.15, 0.2) is 54.6 Å².